The third kappa shape index (κ3) is 5.49. The smallest absolute Gasteiger partial charge is 0.325 e. The van der Waals surface area contributed by atoms with Gasteiger partial charge in [0.25, 0.3) is 0 Å². The van der Waals surface area contributed by atoms with Gasteiger partial charge in [-0.1, -0.05) is 12.1 Å². The van der Waals surface area contributed by atoms with E-state index in [0.717, 1.165) is 45.6 Å². The van der Waals surface area contributed by atoms with Crippen LogP contribution in [-0.4, -0.2) is 67.8 Å². The predicted molar refractivity (Wildman–Crippen MR) is 95.2 cm³/mol. The maximum absolute atomic E-state index is 13.5. The number of aryl methyl sites for hydroxylation is 1. The minimum Gasteiger partial charge on any atom is -0.480 e. The van der Waals surface area contributed by atoms with Crippen LogP contribution in [0.5, 0.6) is 0 Å². The first-order valence-corrected chi connectivity index (χ1v) is 8.82. The molecule has 0 amide bonds. The number of hydrogen-bond acceptors (Lipinski definition) is 4. The summed E-state index contributed by atoms with van der Waals surface area (Å²) in [5.41, 5.74) is 1.11. The first kappa shape index (κ1) is 19.8. The Labute approximate surface area is 149 Å². The minimum absolute atomic E-state index is 0.307. The lowest BCUT2D eigenvalue weighted by molar-refractivity contribution is -0.143. The molecule has 1 aromatic carbocycles. The van der Waals surface area contributed by atoms with Crippen molar-refractivity contribution >= 4 is 5.97 Å². The maximum atomic E-state index is 13.5. The zero-order valence-corrected chi connectivity index (χ0v) is 15.4. The van der Waals surface area contributed by atoms with Crippen molar-refractivity contribution in [1.29, 1.82) is 0 Å². The maximum Gasteiger partial charge on any atom is 0.325 e. The second-order valence-electron chi connectivity index (χ2n) is 6.97. The molecule has 1 aliphatic heterocycles. The second-order valence-corrected chi connectivity index (χ2v) is 6.97. The van der Waals surface area contributed by atoms with Crippen molar-refractivity contribution in [3.8, 4) is 0 Å². The average Bonchev–Trinajstić information content (AvgIpc) is 2.57. The summed E-state index contributed by atoms with van der Waals surface area (Å²) < 4.78 is 18.6. The number of aliphatic carboxylic acids is 1. The fourth-order valence-electron chi connectivity index (χ4n) is 3.55. The number of halogens is 1. The highest BCUT2D eigenvalue weighted by molar-refractivity contribution is 5.75. The van der Waals surface area contributed by atoms with Crippen LogP contribution in [0.3, 0.4) is 0 Å². The van der Waals surface area contributed by atoms with Gasteiger partial charge in [-0.3, -0.25) is 9.69 Å². The fraction of sp³-hybridized carbons (Fsp3) is 0.632. The van der Waals surface area contributed by atoms with Gasteiger partial charge in [0, 0.05) is 20.2 Å². The van der Waals surface area contributed by atoms with E-state index in [9.17, 15) is 14.3 Å². The number of benzene rings is 1. The lowest BCUT2D eigenvalue weighted by Crippen LogP contribution is -2.41. The van der Waals surface area contributed by atoms with Gasteiger partial charge in [-0.05, 0) is 63.0 Å². The van der Waals surface area contributed by atoms with Crippen LogP contribution in [0, 0.1) is 18.7 Å². The van der Waals surface area contributed by atoms with Gasteiger partial charge >= 0.3 is 5.97 Å². The van der Waals surface area contributed by atoms with Crippen molar-refractivity contribution < 1.29 is 19.0 Å². The summed E-state index contributed by atoms with van der Waals surface area (Å²) in [5.74, 6) is -0.725. The standard InChI is InChI=1S/C19H29FN2O3/c1-14-12-16(4-5-17(14)20)18(19(23)24)21(2)13-15-6-8-22(9-7-15)10-11-25-3/h4-5,12,15,18H,6-11,13H2,1-3H3,(H,23,24)/t18-/m1/s1. The molecule has 1 aliphatic rings. The van der Waals surface area contributed by atoms with Gasteiger partial charge in [-0.2, -0.15) is 0 Å². The van der Waals surface area contributed by atoms with E-state index in [4.69, 9.17) is 4.74 Å². The molecule has 6 heteroatoms. The Morgan fingerprint density at radius 3 is 2.68 bits per heavy atom. The van der Waals surface area contributed by atoms with Crippen LogP contribution in [0.25, 0.3) is 0 Å². The summed E-state index contributed by atoms with van der Waals surface area (Å²) in [5, 5.41) is 9.67. The number of ether oxygens (including phenoxy) is 1. The van der Waals surface area contributed by atoms with Crippen LogP contribution in [-0.2, 0) is 9.53 Å². The molecule has 0 bridgehead atoms. The molecule has 1 atom stereocenters. The third-order valence-corrected chi connectivity index (χ3v) is 5.04. The number of rotatable bonds is 8. The van der Waals surface area contributed by atoms with Gasteiger partial charge in [-0.15, -0.1) is 0 Å². The molecule has 0 radical (unpaired) electrons. The number of nitrogens with zero attached hydrogens (tertiary/aromatic N) is 2. The van der Waals surface area contributed by atoms with E-state index in [1.165, 1.54) is 6.07 Å². The number of carboxylic acids is 1. The number of hydrogen-bond donors (Lipinski definition) is 1. The Balaban J connectivity index is 1.96. The number of likely N-dealkylation sites (N-methyl/N-ethyl adjacent to an activating group) is 1. The normalized spacial score (nSPS) is 17.8. The molecule has 0 unspecified atom stereocenters. The Morgan fingerprint density at radius 1 is 1.44 bits per heavy atom. The van der Waals surface area contributed by atoms with Crippen LogP contribution in [0.2, 0.25) is 0 Å². The summed E-state index contributed by atoms with van der Waals surface area (Å²) in [4.78, 5) is 16.1. The molecule has 1 heterocycles. The summed E-state index contributed by atoms with van der Waals surface area (Å²) in [7, 11) is 3.56. The molecular formula is C19H29FN2O3. The number of likely N-dealkylation sites (tertiary alicyclic amines) is 1. The van der Waals surface area contributed by atoms with Crippen molar-refractivity contribution in [3.63, 3.8) is 0 Å². The predicted octanol–water partition coefficient (Wildman–Crippen LogP) is 2.55. The lowest BCUT2D eigenvalue weighted by atomic mass is 9.94. The Hall–Kier alpha value is -1.50. The molecular weight excluding hydrogens is 323 g/mol. The van der Waals surface area contributed by atoms with Crippen LogP contribution in [0.4, 0.5) is 4.39 Å². The first-order chi connectivity index (χ1) is 11.9. The molecule has 0 aromatic heterocycles. The number of methoxy groups -OCH3 is 1. The zero-order chi connectivity index (χ0) is 18.4. The van der Waals surface area contributed by atoms with E-state index >= 15 is 0 Å². The van der Waals surface area contributed by atoms with Gasteiger partial charge in [0.2, 0.25) is 0 Å². The van der Waals surface area contributed by atoms with Crippen LogP contribution in [0.15, 0.2) is 18.2 Å². The number of carbonyl (C=O) groups is 1. The minimum atomic E-state index is -0.897. The largest absolute Gasteiger partial charge is 0.480 e. The topological polar surface area (TPSA) is 53.0 Å². The fourth-order valence-corrected chi connectivity index (χ4v) is 3.55. The molecule has 0 aliphatic carbocycles. The summed E-state index contributed by atoms with van der Waals surface area (Å²) in [6, 6.07) is 3.82. The van der Waals surface area contributed by atoms with E-state index in [1.807, 2.05) is 11.9 Å². The molecule has 140 valence electrons. The Bertz CT molecular complexity index is 574. The average molecular weight is 352 g/mol. The Kier molecular flexibility index (Phi) is 7.35. The van der Waals surface area contributed by atoms with Crippen LogP contribution in [0.1, 0.15) is 30.0 Å². The van der Waals surface area contributed by atoms with Gasteiger partial charge < -0.3 is 14.7 Å². The molecule has 25 heavy (non-hydrogen) atoms. The van der Waals surface area contributed by atoms with Crippen LogP contribution >= 0.6 is 0 Å². The van der Waals surface area contributed by atoms with Crippen molar-refractivity contribution in [2.75, 3.05) is 46.9 Å². The second kappa shape index (κ2) is 9.27. The zero-order valence-electron chi connectivity index (χ0n) is 15.4. The molecule has 1 N–H and O–H groups in total. The van der Waals surface area contributed by atoms with E-state index < -0.39 is 12.0 Å². The van der Waals surface area contributed by atoms with Crippen molar-refractivity contribution in [3.05, 3.63) is 35.1 Å². The molecule has 0 spiro atoms. The lowest BCUT2D eigenvalue weighted by Gasteiger charge is -2.35. The monoisotopic (exact) mass is 352 g/mol. The molecule has 5 nitrogen and oxygen atoms in total. The highest BCUT2D eigenvalue weighted by Gasteiger charge is 2.28. The summed E-state index contributed by atoms with van der Waals surface area (Å²) >= 11 is 0. The van der Waals surface area contributed by atoms with Crippen LogP contribution < -0.4 is 0 Å². The first-order valence-electron chi connectivity index (χ1n) is 8.82. The van der Waals surface area contributed by atoms with Crippen molar-refractivity contribution in [1.82, 2.24) is 9.80 Å². The van der Waals surface area contributed by atoms with Gasteiger partial charge in [0.05, 0.1) is 6.61 Å². The molecule has 1 saturated heterocycles. The summed E-state index contributed by atoms with van der Waals surface area (Å²) in [6.07, 6.45) is 2.12. The molecule has 1 aromatic rings. The SMILES string of the molecule is COCCN1CCC(CN(C)[C@@H](C(=O)O)c2ccc(F)c(C)c2)CC1. The van der Waals surface area contributed by atoms with Gasteiger partial charge in [0.15, 0.2) is 0 Å². The highest BCUT2D eigenvalue weighted by Crippen LogP contribution is 2.25. The van der Waals surface area contributed by atoms with Gasteiger partial charge in [-0.25, -0.2) is 4.39 Å². The van der Waals surface area contributed by atoms with E-state index in [-0.39, 0.29) is 5.82 Å². The molecule has 0 saturated carbocycles. The summed E-state index contributed by atoms with van der Waals surface area (Å²) in [6.45, 7) is 6.13. The van der Waals surface area contributed by atoms with Crippen molar-refractivity contribution in [2.24, 2.45) is 5.92 Å². The van der Waals surface area contributed by atoms with E-state index in [2.05, 4.69) is 4.90 Å². The van der Waals surface area contributed by atoms with E-state index in [0.29, 0.717) is 17.0 Å². The molecule has 1 fully saturated rings. The van der Waals surface area contributed by atoms with Gasteiger partial charge in [0.1, 0.15) is 11.9 Å². The van der Waals surface area contributed by atoms with E-state index in [1.54, 1.807) is 26.2 Å². The number of piperidine rings is 1. The Morgan fingerprint density at radius 2 is 2.12 bits per heavy atom. The quantitative estimate of drug-likeness (QED) is 0.779. The number of carboxylic acid groups (broad SMARTS) is 1. The van der Waals surface area contributed by atoms with Crippen molar-refractivity contribution in [2.45, 2.75) is 25.8 Å². The third-order valence-electron chi connectivity index (χ3n) is 5.04. The highest BCUT2D eigenvalue weighted by atomic mass is 19.1. The molecule has 2 rings (SSSR count).